The average molecular weight is 325 g/mol. The molecule has 2 aromatic rings. The first kappa shape index (κ1) is 12.5. The predicted octanol–water partition coefficient (Wildman–Crippen LogP) is 4.91. The van der Waals surface area contributed by atoms with Crippen molar-refractivity contribution in [3.63, 3.8) is 0 Å². The molecule has 0 spiro atoms. The summed E-state index contributed by atoms with van der Waals surface area (Å²) in [6.07, 6.45) is -1.10. The summed E-state index contributed by atoms with van der Waals surface area (Å²) in [6.45, 7) is 0. The Morgan fingerprint density at radius 3 is 2.41 bits per heavy atom. The third-order valence-electron chi connectivity index (χ3n) is 2.21. The first-order valence-electron chi connectivity index (χ1n) is 4.58. The zero-order valence-electron chi connectivity index (χ0n) is 8.30. The summed E-state index contributed by atoms with van der Waals surface area (Å²) in [5.41, 5.74) is -0.422. The van der Waals surface area contributed by atoms with Gasteiger partial charge in [0.15, 0.2) is 0 Å². The Hall–Kier alpha value is -0.940. The van der Waals surface area contributed by atoms with Gasteiger partial charge in [-0.2, -0.15) is 13.2 Å². The molecule has 0 unspecified atom stereocenters. The molecular formula is C11H6BrClF3N. The molecule has 0 saturated carbocycles. The van der Waals surface area contributed by atoms with Crippen LogP contribution in [0.1, 0.15) is 5.56 Å². The molecular weight excluding hydrogens is 318 g/mol. The van der Waals surface area contributed by atoms with Gasteiger partial charge in [0.1, 0.15) is 0 Å². The van der Waals surface area contributed by atoms with E-state index in [2.05, 4.69) is 15.9 Å². The van der Waals surface area contributed by atoms with Gasteiger partial charge in [0.25, 0.3) is 0 Å². The van der Waals surface area contributed by atoms with Crippen LogP contribution in [0.2, 0.25) is 5.02 Å². The van der Waals surface area contributed by atoms with E-state index in [9.17, 15) is 13.2 Å². The Balaban J connectivity index is 2.54. The van der Waals surface area contributed by atoms with Crippen molar-refractivity contribution in [3.05, 3.63) is 51.7 Å². The number of nitrogens with zero attached hydrogens (tertiary/aromatic N) is 1. The molecule has 0 radical (unpaired) electrons. The van der Waals surface area contributed by atoms with Crippen molar-refractivity contribution in [1.29, 1.82) is 0 Å². The van der Waals surface area contributed by atoms with Crippen molar-refractivity contribution < 1.29 is 13.2 Å². The second-order valence-corrected chi connectivity index (χ2v) is 4.72. The van der Waals surface area contributed by atoms with Crippen LogP contribution in [0.15, 0.2) is 41.1 Å². The predicted molar refractivity (Wildman–Crippen MR) is 63.5 cm³/mol. The maximum absolute atomic E-state index is 12.6. The van der Waals surface area contributed by atoms with Crippen LogP contribution in [-0.2, 0) is 6.18 Å². The highest BCUT2D eigenvalue weighted by atomic mass is 79.9. The van der Waals surface area contributed by atoms with Gasteiger partial charge in [0.2, 0.25) is 0 Å². The second kappa shape index (κ2) is 4.38. The van der Waals surface area contributed by atoms with Crippen LogP contribution in [-0.4, -0.2) is 4.57 Å². The molecule has 0 N–H and O–H groups in total. The van der Waals surface area contributed by atoms with E-state index in [0.29, 0.717) is 5.69 Å². The Kier molecular flexibility index (Phi) is 3.23. The molecule has 0 aliphatic carbocycles. The van der Waals surface area contributed by atoms with E-state index < -0.39 is 11.7 Å². The summed E-state index contributed by atoms with van der Waals surface area (Å²) in [5.74, 6) is 0. The molecule has 0 bridgehead atoms. The first-order valence-corrected chi connectivity index (χ1v) is 5.75. The number of rotatable bonds is 1. The Bertz CT molecular complexity index is 548. The van der Waals surface area contributed by atoms with Crippen LogP contribution >= 0.6 is 27.5 Å². The van der Waals surface area contributed by atoms with E-state index in [4.69, 9.17) is 11.6 Å². The molecule has 0 aliphatic rings. The normalized spacial score (nSPS) is 11.8. The van der Waals surface area contributed by atoms with Crippen LogP contribution in [0.5, 0.6) is 0 Å². The minimum absolute atomic E-state index is 0.265. The first-order chi connectivity index (χ1) is 7.88. The summed E-state index contributed by atoms with van der Waals surface area (Å²) in [6, 6.07) is 4.95. The van der Waals surface area contributed by atoms with Crippen LogP contribution in [0, 0.1) is 0 Å². The fraction of sp³-hybridized carbons (Fsp3) is 0.0909. The van der Waals surface area contributed by atoms with Gasteiger partial charge in [0.05, 0.1) is 16.3 Å². The smallest absolute Gasteiger partial charge is 0.321 e. The van der Waals surface area contributed by atoms with E-state index in [0.717, 1.165) is 16.6 Å². The Labute approximate surface area is 109 Å². The monoisotopic (exact) mass is 323 g/mol. The van der Waals surface area contributed by atoms with Crippen LogP contribution < -0.4 is 0 Å². The maximum Gasteiger partial charge on any atom is 0.416 e. The Morgan fingerprint density at radius 2 is 1.88 bits per heavy atom. The van der Waals surface area contributed by atoms with E-state index in [1.54, 1.807) is 18.5 Å². The second-order valence-electron chi connectivity index (χ2n) is 3.40. The van der Waals surface area contributed by atoms with Gasteiger partial charge in [-0.15, -0.1) is 0 Å². The standard InChI is InChI=1S/C11H6BrClF3N/c12-8-3-4-17(6-8)10-5-7(11(14,15)16)1-2-9(10)13/h1-6H. The molecule has 2 rings (SSSR count). The zero-order chi connectivity index (χ0) is 12.6. The lowest BCUT2D eigenvalue weighted by Crippen LogP contribution is -2.06. The van der Waals surface area contributed by atoms with E-state index in [-0.39, 0.29) is 5.02 Å². The fourth-order valence-corrected chi connectivity index (χ4v) is 1.96. The lowest BCUT2D eigenvalue weighted by Gasteiger charge is -2.11. The largest absolute Gasteiger partial charge is 0.416 e. The molecule has 0 amide bonds. The van der Waals surface area contributed by atoms with Crippen molar-refractivity contribution >= 4 is 27.5 Å². The van der Waals surface area contributed by atoms with E-state index >= 15 is 0 Å². The molecule has 6 heteroatoms. The highest BCUT2D eigenvalue weighted by Crippen LogP contribution is 2.33. The lowest BCUT2D eigenvalue weighted by molar-refractivity contribution is -0.137. The van der Waals surface area contributed by atoms with Crippen molar-refractivity contribution in [2.75, 3.05) is 0 Å². The molecule has 1 aromatic carbocycles. The number of alkyl halides is 3. The molecule has 1 aromatic heterocycles. The summed E-state index contributed by atoms with van der Waals surface area (Å²) < 4.78 is 40.0. The maximum atomic E-state index is 12.6. The van der Waals surface area contributed by atoms with Gasteiger partial charge in [-0.05, 0) is 40.2 Å². The van der Waals surface area contributed by atoms with Gasteiger partial charge in [-0.25, -0.2) is 0 Å². The minimum Gasteiger partial charge on any atom is -0.321 e. The van der Waals surface area contributed by atoms with Crippen LogP contribution in [0.25, 0.3) is 5.69 Å². The average Bonchev–Trinajstić information content (AvgIpc) is 2.63. The third kappa shape index (κ3) is 2.66. The molecule has 17 heavy (non-hydrogen) atoms. The van der Waals surface area contributed by atoms with Crippen molar-refractivity contribution in [2.24, 2.45) is 0 Å². The van der Waals surface area contributed by atoms with Crippen molar-refractivity contribution in [2.45, 2.75) is 6.18 Å². The van der Waals surface area contributed by atoms with E-state index in [1.807, 2.05) is 0 Å². The third-order valence-corrected chi connectivity index (χ3v) is 3.00. The fourth-order valence-electron chi connectivity index (χ4n) is 1.41. The highest BCUT2D eigenvalue weighted by Gasteiger charge is 2.31. The molecule has 0 fully saturated rings. The summed E-state index contributed by atoms with van der Waals surface area (Å²) >= 11 is 9.11. The van der Waals surface area contributed by atoms with Crippen LogP contribution in [0.3, 0.4) is 0 Å². The zero-order valence-corrected chi connectivity index (χ0v) is 10.6. The number of hydrogen-bond acceptors (Lipinski definition) is 0. The topological polar surface area (TPSA) is 4.93 Å². The molecule has 0 aliphatic heterocycles. The van der Waals surface area contributed by atoms with E-state index in [1.165, 1.54) is 10.6 Å². The van der Waals surface area contributed by atoms with Gasteiger partial charge in [0, 0.05) is 16.9 Å². The quantitative estimate of drug-likeness (QED) is 0.702. The number of hydrogen-bond donors (Lipinski definition) is 0. The van der Waals surface area contributed by atoms with Gasteiger partial charge in [-0.3, -0.25) is 0 Å². The Morgan fingerprint density at radius 1 is 1.18 bits per heavy atom. The van der Waals surface area contributed by atoms with Crippen LogP contribution in [0.4, 0.5) is 13.2 Å². The van der Waals surface area contributed by atoms with Gasteiger partial charge in [-0.1, -0.05) is 11.6 Å². The molecule has 0 atom stereocenters. The molecule has 1 heterocycles. The minimum atomic E-state index is -4.37. The van der Waals surface area contributed by atoms with Crippen molar-refractivity contribution in [1.82, 2.24) is 4.57 Å². The summed E-state index contributed by atoms with van der Waals surface area (Å²) in [7, 11) is 0. The summed E-state index contributed by atoms with van der Waals surface area (Å²) in [4.78, 5) is 0. The lowest BCUT2D eigenvalue weighted by atomic mass is 10.2. The highest BCUT2D eigenvalue weighted by molar-refractivity contribution is 9.10. The number of aromatic nitrogens is 1. The summed E-state index contributed by atoms with van der Waals surface area (Å²) in [5, 5.41) is 0.265. The number of halogens is 5. The van der Waals surface area contributed by atoms with Gasteiger partial charge >= 0.3 is 6.18 Å². The molecule has 90 valence electrons. The van der Waals surface area contributed by atoms with Gasteiger partial charge < -0.3 is 4.57 Å². The van der Waals surface area contributed by atoms with Crippen molar-refractivity contribution in [3.8, 4) is 5.69 Å². The SMILES string of the molecule is FC(F)(F)c1ccc(Cl)c(-n2ccc(Br)c2)c1. The molecule has 1 nitrogen and oxygen atoms in total. The molecule has 0 saturated heterocycles. The number of benzene rings is 1.